The number of nitrogens with one attached hydrogen (secondary N) is 1. The van der Waals surface area contributed by atoms with Gasteiger partial charge >= 0.3 is 12.0 Å². The Bertz CT molecular complexity index is 355. The second-order valence-electron chi connectivity index (χ2n) is 6.07. The first-order chi connectivity index (χ1) is 9.93. The van der Waals surface area contributed by atoms with Crippen LogP contribution in [0.25, 0.3) is 0 Å². The van der Waals surface area contributed by atoms with Crippen LogP contribution in [0.1, 0.15) is 45.4 Å². The fourth-order valence-corrected chi connectivity index (χ4v) is 3.50. The monoisotopic (exact) mass is 316 g/mol. The van der Waals surface area contributed by atoms with Crippen LogP contribution < -0.4 is 5.32 Å². The SMILES string of the molecule is CSCC(C)N(C)C(=O)NCC1(C(=O)O)CCCCCC1. The molecular formula is C15H28N2O3S. The van der Waals surface area contributed by atoms with Crippen molar-refractivity contribution in [3.8, 4) is 0 Å². The first-order valence-electron chi connectivity index (χ1n) is 7.66. The number of rotatable bonds is 6. The highest BCUT2D eigenvalue weighted by molar-refractivity contribution is 7.98. The van der Waals surface area contributed by atoms with Crippen molar-refractivity contribution in [3.05, 3.63) is 0 Å². The van der Waals surface area contributed by atoms with Crippen LogP contribution in [-0.2, 0) is 4.79 Å². The molecule has 1 unspecified atom stereocenters. The van der Waals surface area contributed by atoms with E-state index in [1.165, 1.54) is 0 Å². The van der Waals surface area contributed by atoms with Gasteiger partial charge in [0.15, 0.2) is 0 Å². The number of carbonyl (C=O) groups is 2. The zero-order chi connectivity index (χ0) is 15.9. The van der Waals surface area contributed by atoms with E-state index < -0.39 is 11.4 Å². The Morgan fingerprint density at radius 3 is 2.33 bits per heavy atom. The molecule has 1 rings (SSSR count). The van der Waals surface area contributed by atoms with E-state index in [0.717, 1.165) is 31.4 Å². The first kappa shape index (κ1) is 18.1. The molecule has 0 aromatic rings. The molecule has 1 aliphatic carbocycles. The minimum absolute atomic E-state index is 0.134. The van der Waals surface area contributed by atoms with Gasteiger partial charge in [-0.2, -0.15) is 11.8 Å². The van der Waals surface area contributed by atoms with E-state index >= 15 is 0 Å². The summed E-state index contributed by atoms with van der Waals surface area (Å²) in [6.45, 7) is 2.23. The van der Waals surface area contributed by atoms with Crippen molar-refractivity contribution in [2.45, 2.75) is 51.5 Å². The van der Waals surface area contributed by atoms with Gasteiger partial charge in [0, 0.05) is 25.4 Å². The van der Waals surface area contributed by atoms with E-state index in [1.54, 1.807) is 23.7 Å². The third-order valence-electron chi connectivity index (χ3n) is 4.48. The molecule has 1 saturated carbocycles. The Morgan fingerprint density at radius 2 is 1.86 bits per heavy atom. The van der Waals surface area contributed by atoms with Crippen LogP contribution >= 0.6 is 11.8 Å². The molecule has 5 nitrogen and oxygen atoms in total. The van der Waals surface area contributed by atoms with Crippen LogP contribution in [-0.4, -0.2) is 53.6 Å². The normalized spacial score (nSPS) is 19.4. The van der Waals surface area contributed by atoms with Gasteiger partial charge in [0.05, 0.1) is 5.41 Å². The van der Waals surface area contributed by atoms with Gasteiger partial charge < -0.3 is 15.3 Å². The predicted molar refractivity (Wildman–Crippen MR) is 86.8 cm³/mol. The zero-order valence-electron chi connectivity index (χ0n) is 13.4. The molecule has 0 aromatic carbocycles. The standard InChI is InChI=1S/C15H28N2O3S/c1-12(10-21-3)17(2)14(20)16-11-15(13(18)19)8-6-4-5-7-9-15/h12H,4-11H2,1-3H3,(H,16,20)(H,18,19). The molecule has 1 atom stereocenters. The van der Waals surface area contributed by atoms with Crippen LogP contribution in [0.15, 0.2) is 0 Å². The van der Waals surface area contributed by atoms with E-state index in [4.69, 9.17) is 0 Å². The van der Waals surface area contributed by atoms with Gasteiger partial charge in [0.1, 0.15) is 0 Å². The summed E-state index contributed by atoms with van der Waals surface area (Å²) in [5.41, 5.74) is -0.782. The zero-order valence-corrected chi connectivity index (χ0v) is 14.2. The van der Waals surface area contributed by atoms with Gasteiger partial charge in [-0.3, -0.25) is 4.79 Å². The van der Waals surface area contributed by atoms with Crippen LogP contribution in [0.5, 0.6) is 0 Å². The summed E-state index contributed by atoms with van der Waals surface area (Å²) >= 11 is 1.69. The molecule has 2 amide bonds. The van der Waals surface area contributed by atoms with Crippen LogP contribution in [0.3, 0.4) is 0 Å². The Kier molecular flexibility index (Phi) is 7.35. The molecule has 0 radical (unpaired) electrons. The summed E-state index contributed by atoms with van der Waals surface area (Å²) in [4.78, 5) is 25.5. The number of carbonyl (C=O) groups excluding carboxylic acids is 1. The Labute approximate surface area is 131 Å². The molecule has 2 N–H and O–H groups in total. The van der Waals surface area contributed by atoms with Gasteiger partial charge in [-0.05, 0) is 26.0 Å². The lowest BCUT2D eigenvalue weighted by atomic mass is 9.80. The van der Waals surface area contributed by atoms with Gasteiger partial charge in [0.2, 0.25) is 0 Å². The molecule has 1 fully saturated rings. The fourth-order valence-electron chi connectivity index (χ4n) is 2.79. The Morgan fingerprint density at radius 1 is 1.29 bits per heavy atom. The summed E-state index contributed by atoms with van der Waals surface area (Å²) in [7, 11) is 1.76. The molecule has 122 valence electrons. The maximum Gasteiger partial charge on any atom is 0.317 e. The second kappa shape index (κ2) is 8.51. The lowest BCUT2D eigenvalue weighted by Gasteiger charge is -2.31. The summed E-state index contributed by atoms with van der Waals surface area (Å²) < 4.78 is 0. The van der Waals surface area contributed by atoms with E-state index in [-0.39, 0.29) is 18.6 Å². The third-order valence-corrected chi connectivity index (χ3v) is 5.30. The van der Waals surface area contributed by atoms with Crippen molar-refractivity contribution in [3.63, 3.8) is 0 Å². The number of thioether (sulfide) groups is 1. The van der Waals surface area contributed by atoms with Crippen molar-refractivity contribution in [1.82, 2.24) is 10.2 Å². The Balaban J connectivity index is 2.60. The molecule has 1 aliphatic rings. The van der Waals surface area contributed by atoms with Crippen molar-refractivity contribution < 1.29 is 14.7 Å². The lowest BCUT2D eigenvalue weighted by molar-refractivity contribution is -0.149. The average Bonchev–Trinajstić information content (AvgIpc) is 2.70. The summed E-state index contributed by atoms with van der Waals surface area (Å²) in [5, 5.41) is 12.4. The third kappa shape index (κ3) is 5.09. The number of aliphatic carboxylic acids is 1. The average molecular weight is 316 g/mol. The quantitative estimate of drug-likeness (QED) is 0.739. The highest BCUT2D eigenvalue weighted by Crippen LogP contribution is 2.34. The van der Waals surface area contributed by atoms with Crippen molar-refractivity contribution in [1.29, 1.82) is 0 Å². The molecule has 6 heteroatoms. The Hall–Kier alpha value is -0.910. The largest absolute Gasteiger partial charge is 0.481 e. The smallest absolute Gasteiger partial charge is 0.317 e. The van der Waals surface area contributed by atoms with E-state index in [1.807, 2.05) is 13.2 Å². The minimum atomic E-state index is -0.782. The summed E-state index contributed by atoms with van der Waals surface area (Å²) in [6, 6.07) is -0.0451. The van der Waals surface area contributed by atoms with Gasteiger partial charge in [-0.25, -0.2) is 4.79 Å². The highest BCUT2D eigenvalue weighted by atomic mass is 32.2. The van der Waals surface area contributed by atoms with Crippen molar-refractivity contribution >= 4 is 23.8 Å². The fraction of sp³-hybridized carbons (Fsp3) is 0.867. The van der Waals surface area contributed by atoms with Crippen LogP contribution in [0.4, 0.5) is 4.79 Å². The number of nitrogens with zero attached hydrogens (tertiary/aromatic N) is 1. The summed E-state index contributed by atoms with van der Waals surface area (Å²) in [5.74, 6) is 0.0954. The van der Waals surface area contributed by atoms with E-state index in [2.05, 4.69) is 5.32 Å². The maximum absolute atomic E-state index is 12.2. The number of urea groups is 1. The first-order valence-corrected chi connectivity index (χ1v) is 9.05. The van der Waals surface area contributed by atoms with Gasteiger partial charge in [0.25, 0.3) is 0 Å². The van der Waals surface area contributed by atoms with E-state index in [0.29, 0.717) is 12.8 Å². The molecule has 0 bridgehead atoms. The number of amides is 2. The molecular weight excluding hydrogens is 288 g/mol. The predicted octanol–water partition coefficient (Wildman–Crippen LogP) is 2.80. The number of hydrogen-bond acceptors (Lipinski definition) is 3. The van der Waals surface area contributed by atoms with Crippen LogP contribution in [0, 0.1) is 5.41 Å². The summed E-state index contributed by atoms with van der Waals surface area (Å²) in [6.07, 6.45) is 7.37. The molecule has 0 heterocycles. The number of carboxylic acids is 1. The van der Waals surface area contributed by atoms with Gasteiger partial charge in [-0.15, -0.1) is 0 Å². The number of carboxylic acid groups (broad SMARTS) is 1. The highest BCUT2D eigenvalue weighted by Gasteiger charge is 2.39. The van der Waals surface area contributed by atoms with Crippen molar-refractivity contribution in [2.24, 2.45) is 5.41 Å². The van der Waals surface area contributed by atoms with Crippen molar-refractivity contribution in [2.75, 3.05) is 25.6 Å². The van der Waals surface area contributed by atoms with Gasteiger partial charge in [-0.1, -0.05) is 25.7 Å². The molecule has 0 aromatic heterocycles. The molecule has 0 saturated heterocycles. The minimum Gasteiger partial charge on any atom is -0.481 e. The number of hydrogen-bond donors (Lipinski definition) is 2. The molecule has 0 aliphatic heterocycles. The second-order valence-corrected chi connectivity index (χ2v) is 6.98. The topological polar surface area (TPSA) is 69.6 Å². The maximum atomic E-state index is 12.2. The molecule has 21 heavy (non-hydrogen) atoms. The van der Waals surface area contributed by atoms with E-state index in [9.17, 15) is 14.7 Å². The lowest BCUT2D eigenvalue weighted by Crippen LogP contribution is -2.49. The van der Waals surface area contributed by atoms with Crippen LogP contribution in [0.2, 0.25) is 0 Å². The molecule has 0 spiro atoms.